The second kappa shape index (κ2) is 5.39. The first-order chi connectivity index (χ1) is 7.66. The number of rotatable bonds is 4. The van der Waals surface area contributed by atoms with Crippen LogP contribution in [0.4, 0.5) is 0 Å². The van der Waals surface area contributed by atoms with Crippen molar-refractivity contribution in [2.24, 2.45) is 7.05 Å². The largest absolute Gasteiger partial charge is 0.320 e. The van der Waals surface area contributed by atoms with E-state index in [0.717, 1.165) is 27.2 Å². The molecule has 0 aromatic carbocycles. The minimum absolute atomic E-state index is 0.726. The van der Waals surface area contributed by atoms with Crippen LogP contribution in [0, 0.1) is 0 Å². The summed E-state index contributed by atoms with van der Waals surface area (Å²) in [7, 11) is 1.94. The fourth-order valence-corrected chi connectivity index (χ4v) is 3.39. The molecule has 86 valence electrons. The van der Waals surface area contributed by atoms with Gasteiger partial charge in [0, 0.05) is 22.9 Å². The lowest BCUT2D eigenvalue weighted by Gasteiger charge is -2.01. The van der Waals surface area contributed by atoms with Crippen molar-refractivity contribution in [2.75, 3.05) is 0 Å². The Labute approximate surface area is 114 Å². The van der Waals surface area contributed by atoms with Gasteiger partial charge in [-0.15, -0.1) is 21.5 Å². The van der Waals surface area contributed by atoms with Crippen molar-refractivity contribution >= 4 is 43.2 Å². The molecule has 4 nitrogen and oxygen atoms in total. The lowest BCUT2D eigenvalue weighted by Crippen LogP contribution is -2.14. The van der Waals surface area contributed by atoms with Crippen LogP contribution in [0.5, 0.6) is 0 Å². The summed E-state index contributed by atoms with van der Waals surface area (Å²) in [4.78, 5) is 1.28. The quantitative estimate of drug-likeness (QED) is 0.905. The third-order valence-corrected chi connectivity index (χ3v) is 5.34. The molecule has 0 radical (unpaired) electrons. The molecule has 2 aromatic heterocycles. The van der Waals surface area contributed by atoms with Crippen LogP contribution >= 0.6 is 43.2 Å². The molecule has 2 heterocycles. The Bertz CT molecular complexity index is 460. The van der Waals surface area contributed by atoms with E-state index in [2.05, 4.69) is 53.4 Å². The van der Waals surface area contributed by atoms with Crippen molar-refractivity contribution in [2.45, 2.75) is 13.1 Å². The summed E-state index contributed by atoms with van der Waals surface area (Å²) in [6.45, 7) is 1.56. The first-order valence-corrected chi connectivity index (χ1v) is 7.04. The summed E-state index contributed by atoms with van der Waals surface area (Å²) >= 11 is 8.66. The summed E-state index contributed by atoms with van der Waals surface area (Å²) in [6.07, 6.45) is 1.70. The molecule has 0 saturated heterocycles. The first-order valence-electron chi connectivity index (χ1n) is 4.64. The molecule has 0 aliphatic carbocycles. The Kier molecular flexibility index (Phi) is 4.12. The molecule has 0 aliphatic rings. The zero-order valence-corrected chi connectivity index (χ0v) is 12.6. The van der Waals surface area contributed by atoms with Crippen LogP contribution < -0.4 is 5.32 Å². The average molecular weight is 366 g/mol. The molecule has 2 aromatic rings. The molecular weight excluding hydrogens is 356 g/mol. The van der Waals surface area contributed by atoms with Gasteiger partial charge in [-0.25, -0.2) is 0 Å². The molecule has 0 atom stereocenters. The molecule has 1 N–H and O–H groups in total. The zero-order chi connectivity index (χ0) is 11.5. The lowest BCUT2D eigenvalue weighted by atomic mass is 10.4. The third-order valence-electron chi connectivity index (χ3n) is 2.08. The van der Waals surface area contributed by atoms with Gasteiger partial charge in [0.15, 0.2) is 0 Å². The topological polar surface area (TPSA) is 42.7 Å². The predicted octanol–water partition coefficient (Wildman–Crippen LogP) is 2.69. The highest BCUT2D eigenvalue weighted by Gasteiger charge is 2.04. The van der Waals surface area contributed by atoms with E-state index in [1.165, 1.54) is 4.88 Å². The second-order valence-corrected chi connectivity index (χ2v) is 6.60. The SMILES string of the molecule is Cn1cnnc1CNCc1cc(Br)c(Br)s1. The molecule has 0 spiro atoms. The summed E-state index contributed by atoms with van der Waals surface area (Å²) < 4.78 is 4.14. The Hall–Kier alpha value is -0.240. The number of hydrogen-bond acceptors (Lipinski definition) is 4. The van der Waals surface area contributed by atoms with Gasteiger partial charge in [-0.05, 0) is 37.9 Å². The van der Waals surface area contributed by atoms with Crippen LogP contribution in [0.1, 0.15) is 10.7 Å². The minimum atomic E-state index is 0.726. The van der Waals surface area contributed by atoms with Crippen molar-refractivity contribution in [1.29, 1.82) is 0 Å². The molecule has 0 bridgehead atoms. The third kappa shape index (κ3) is 2.91. The Morgan fingerprint density at radius 3 is 2.81 bits per heavy atom. The minimum Gasteiger partial charge on any atom is -0.320 e. The van der Waals surface area contributed by atoms with Crippen LogP contribution in [-0.4, -0.2) is 14.8 Å². The van der Waals surface area contributed by atoms with Crippen molar-refractivity contribution < 1.29 is 0 Å². The molecule has 0 aliphatic heterocycles. The standard InChI is InChI=1S/C9H10Br2N4S/c1-15-5-13-14-8(15)4-12-3-6-2-7(10)9(11)16-6/h2,5,12H,3-4H2,1H3. The number of nitrogens with one attached hydrogen (secondary N) is 1. The zero-order valence-electron chi connectivity index (χ0n) is 8.57. The van der Waals surface area contributed by atoms with E-state index in [-0.39, 0.29) is 0 Å². The van der Waals surface area contributed by atoms with Gasteiger partial charge in [-0.2, -0.15) is 0 Å². The van der Waals surface area contributed by atoms with Gasteiger partial charge in [0.05, 0.1) is 10.3 Å². The average Bonchev–Trinajstić information content (AvgIpc) is 2.76. The second-order valence-electron chi connectivity index (χ2n) is 3.30. The van der Waals surface area contributed by atoms with Crippen LogP contribution in [0.2, 0.25) is 0 Å². The smallest absolute Gasteiger partial charge is 0.146 e. The molecule has 0 unspecified atom stereocenters. The van der Waals surface area contributed by atoms with E-state index >= 15 is 0 Å². The van der Waals surface area contributed by atoms with E-state index in [1.807, 2.05) is 11.6 Å². The van der Waals surface area contributed by atoms with E-state index in [1.54, 1.807) is 17.7 Å². The fraction of sp³-hybridized carbons (Fsp3) is 0.333. The van der Waals surface area contributed by atoms with Gasteiger partial charge in [-0.3, -0.25) is 0 Å². The number of aryl methyl sites for hydroxylation is 1. The number of nitrogens with zero attached hydrogens (tertiary/aromatic N) is 3. The monoisotopic (exact) mass is 364 g/mol. The molecule has 0 amide bonds. The highest BCUT2D eigenvalue weighted by Crippen LogP contribution is 2.32. The van der Waals surface area contributed by atoms with E-state index in [4.69, 9.17) is 0 Å². The van der Waals surface area contributed by atoms with Crippen LogP contribution in [0.3, 0.4) is 0 Å². The highest BCUT2D eigenvalue weighted by molar-refractivity contribution is 9.13. The maximum absolute atomic E-state index is 4.01. The number of aromatic nitrogens is 3. The Balaban J connectivity index is 1.87. The number of thiophene rings is 1. The maximum atomic E-state index is 4.01. The van der Waals surface area contributed by atoms with E-state index in [0.29, 0.717) is 0 Å². The number of halogens is 2. The summed E-state index contributed by atoms with van der Waals surface area (Å²) in [5, 5.41) is 11.2. The molecule has 7 heteroatoms. The van der Waals surface area contributed by atoms with Gasteiger partial charge in [0.1, 0.15) is 12.2 Å². The maximum Gasteiger partial charge on any atom is 0.146 e. The van der Waals surface area contributed by atoms with Crippen molar-refractivity contribution in [3.63, 3.8) is 0 Å². The first kappa shape index (κ1) is 12.2. The molecule has 16 heavy (non-hydrogen) atoms. The van der Waals surface area contributed by atoms with Crippen molar-refractivity contribution in [3.05, 3.63) is 31.4 Å². The Morgan fingerprint density at radius 1 is 1.44 bits per heavy atom. The lowest BCUT2D eigenvalue weighted by molar-refractivity contribution is 0.642. The Morgan fingerprint density at radius 2 is 2.25 bits per heavy atom. The summed E-state index contributed by atoms with van der Waals surface area (Å²) in [5.41, 5.74) is 0. The van der Waals surface area contributed by atoms with Crippen LogP contribution in [0.15, 0.2) is 20.7 Å². The molecule has 0 fully saturated rings. The van der Waals surface area contributed by atoms with E-state index < -0.39 is 0 Å². The summed E-state index contributed by atoms with van der Waals surface area (Å²) in [6, 6.07) is 2.11. The normalized spacial score (nSPS) is 10.9. The molecule has 0 saturated carbocycles. The van der Waals surface area contributed by atoms with E-state index in [9.17, 15) is 0 Å². The fourth-order valence-electron chi connectivity index (χ4n) is 1.24. The van der Waals surface area contributed by atoms with Gasteiger partial charge in [-0.1, -0.05) is 0 Å². The highest BCUT2D eigenvalue weighted by atomic mass is 79.9. The molecular formula is C9H10Br2N4S. The predicted molar refractivity (Wildman–Crippen MR) is 71.3 cm³/mol. The number of hydrogen-bond donors (Lipinski definition) is 1. The van der Waals surface area contributed by atoms with Crippen molar-refractivity contribution in [3.8, 4) is 0 Å². The van der Waals surface area contributed by atoms with Crippen molar-refractivity contribution in [1.82, 2.24) is 20.1 Å². The van der Waals surface area contributed by atoms with Gasteiger partial charge in [0.25, 0.3) is 0 Å². The molecule has 2 rings (SSSR count). The van der Waals surface area contributed by atoms with Gasteiger partial charge < -0.3 is 9.88 Å². The van der Waals surface area contributed by atoms with Gasteiger partial charge >= 0.3 is 0 Å². The van der Waals surface area contributed by atoms with Crippen LogP contribution in [-0.2, 0) is 20.1 Å². The summed E-state index contributed by atoms with van der Waals surface area (Å²) in [5.74, 6) is 0.940. The van der Waals surface area contributed by atoms with Gasteiger partial charge in [0.2, 0.25) is 0 Å². The van der Waals surface area contributed by atoms with Crippen LogP contribution in [0.25, 0.3) is 0 Å².